The number of alkyl halides is 2. The van der Waals surface area contributed by atoms with Gasteiger partial charge in [-0.15, -0.1) is 5.10 Å². The third-order valence-corrected chi connectivity index (χ3v) is 8.48. The highest BCUT2D eigenvalue weighted by atomic mass is 19.3. The molecule has 1 saturated carbocycles. The summed E-state index contributed by atoms with van der Waals surface area (Å²) in [4.78, 5) is 4.89. The fourth-order valence-corrected chi connectivity index (χ4v) is 6.35. The van der Waals surface area contributed by atoms with E-state index in [4.69, 9.17) is 28.5 Å². The molecule has 0 aliphatic heterocycles. The Morgan fingerprint density at radius 3 is 2.33 bits per heavy atom. The number of aromatic nitrogens is 5. The minimum absolute atomic E-state index is 0.0565. The van der Waals surface area contributed by atoms with Crippen molar-refractivity contribution in [3.05, 3.63) is 77.6 Å². The second kappa shape index (κ2) is 10.1. The van der Waals surface area contributed by atoms with E-state index in [1.54, 1.807) is 31.8 Å². The van der Waals surface area contributed by atoms with E-state index in [1.807, 2.05) is 54.6 Å². The van der Waals surface area contributed by atoms with E-state index in [0.29, 0.717) is 24.1 Å². The molecule has 0 saturated heterocycles. The van der Waals surface area contributed by atoms with Crippen LogP contribution < -0.4 is 0 Å². The fraction of sp³-hybridized carbons (Fsp3) is 0.387. The predicted molar refractivity (Wildman–Crippen MR) is 163 cm³/mol. The number of nitrogens with zero attached hydrogens (tertiary/aromatic N) is 5. The Kier molecular flexibility index (Phi) is 6.87. The van der Waals surface area contributed by atoms with E-state index in [1.165, 1.54) is 0 Å². The van der Waals surface area contributed by atoms with Crippen LogP contribution in [0.3, 0.4) is 0 Å². The molecule has 1 fully saturated rings. The first-order chi connectivity index (χ1) is 19.7. The summed E-state index contributed by atoms with van der Waals surface area (Å²) in [6, 6.07) is 17.5. The van der Waals surface area contributed by atoms with Crippen molar-refractivity contribution in [1.29, 1.82) is 0 Å². The standard InChI is InChI=1S/C31H30B3F2N5O/c1-29(2,42)21-9-10-22-23(16-21)41(26(18-7-5-4-6-8-18)19-11-13-30(35,36)14-12-19)24-15-20(17-37-25(22)24)27-28(31(32,33)34)38-39-40(27)3/h4-10,15-17,19,26,42H,11-14H2,1-3H3. The van der Waals surface area contributed by atoms with Gasteiger partial charge in [0.25, 0.3) is 0 Å². The number of fused-ring (bicyclic) bond motifs is 3. The van der Waals surface area contributed by atoms with Gasteiger partial charge in [0.05, 0.1) is 63.1 Å². The largest absolute Gasteiger partial charge is 0.386 e. The van der Waals surface area contributed by atoms with Crippen LogP contribution in [0.15, 0.2) is 60.8 Å². The third kappa shape index (κ3) is 5.06. The molecule has 1 N–H and O–H groups in total. The maximum atomic E-state index is 14.4. The van der Waals surface area contributed by atoms with Crippen LogP contribution in [0.1, 0.15) is 62.4 Å². The van der Waals surface area contributed by atoms with E-state index >= 15 is 0 Å². The van der Waals surface area contributed by atoms with Crippen molar-refractivity contribution in [2.24, 2.45) is 13.0 Å². The van der Waals surface area contributed by atoms with Gasteiger partial charge >= 0.3 is 0 Å². The van der Waals surface area contributed by atoms with Crippen LogP contribution in [0.25, 0.3) is 33.2 Å². The summed E-state index contributed by atoms with van der Waals surface area (Å²) in [5.41, 5.74) is 4.45. The third-order valence-electron chi connectivity index (χ3n) is 8.48. The number of aryl methyl sites for hydroxylation is 1. The summed E-state index contributed by atoms with van der Waals surface area (Å²) in [5.74, 6) is -2.72. The second-order valence-corrected chi connectivity index (χ2v) is 12.1. The first kappa shape index (κ1) is 28.7. The summed E-state index contributed by atoms with van der Waals surface area (Å²) in [6.07, 6.45) is 2.14. The molecule has 3 heterocycles. The van der Waals surface area contributed by atoms with Crippen molar-refractivity contribution >= 4 is 45.5 Å². The number of hydrogen-bond acceptors (Lipinski definition) is 4. The van der Waals surface area contributed by atoms with E-state index < -0.39 is 16.6 Å². The van der Waals surface area contributed by atoms with E-state index in [0.717, 1.165) is 33.1 Å². The Morgan fingerprint density at radius 1 is 1.00 bits per heavy atom. The average Bonchev–Trinajstić information content (AvgIpc) is 3.47. The number of hydrogen-bond donors (Lipinski definition) is 1. The summed E-state index contributed by atoms with van der Waals surface area (Å²) >= 11 is 0. The van der Waals surface area contributed by atoms with Crippen LogP contribution in [0.4, 0.5) is 8.78 Å². The highest BCUT2D eigenvalue weighted by Crippen LogP contribution is 2.46. The molecule has 6 rings (SSSR count). The highest BCUT2D eigenvalue weighted by Gasteiger charge is 2.39. The van der Waals surface area contributed by atoms with Crippen LogP contribution in [0.2, 0.25) is 0 Å². The molecular formula is C31H30B3F2N5O. The lowest BCUT2D eigenvalue weighted by Gasteiger charge is -2.36. The van der Waals surface area contributed by atoms with Gasteiger partial charge in [0.2, 0.25) is 5.92 Å². The van der Waals surface area contributed by atoms with Crippen LogP contribution >= 0.6 is 0 Å². The van der Waals surface area contributed by atoms with Crippen molar-refractivity contribution in [3.8, 4) is 11.3 Å². The van der Waals surface area contributed by atoms with E-state index in [-0.39, 0.29) is 30.5 Å². The zero-order chi connectivity index (χ0) is 30.0. The highest BCUT2D eigenvalue weighted by molar-refractivity contribution is 6.59. The topological polar surface area (TPSA) is 68.8 Å². The molecule has 1 unspecified atom stereocenters. The van der Waals surface area contributed by atoms with Crippen molar-refractivity contribution in [1.82, 2.24) is 24.5 Å². The second-order valence-electron chi connectivity index (χ2n) is 12.1. The number of pyridine rings is 1. The zero-order valence-corrected chi connectivity index (χ0v) is 23.9. The lowest BCUT2D eigenvalue weighted by atomic mass is 9.41. The predicted octanol–water partition coefficient (Wildman–Crippen LogP) is 5.24. The molecule has 208 valence electrons. The van der Waals surface area contributed by atoms with Gasteiger partial charge in [-0.05, 0) is 55.9 Å². The van der Waals surface area contributed by atoms with Crippen LogP contribution in [0, 0.1) is 5.92 Å². The monoisotopic (exact) mass is 559 g/mol. The molecular weight excluding hydrogens is 529 g/mol. The van der Waals surface area contributed by atoms with Gasteiger partial charge in [-0.2, -0.15) is 0 Å². The van der Waals surface area contributed by atoms with Gasteiger partial charge in [-0.3, -0.25) is 4.98 Å². The maximum Gasteiger partial charge on any atom is 0.248 e. The molecule has 6 radical (unpaired) electrons. The van der Waals surface area contributed by atoms with Crippen LogP contribution in [-0.4, -0.2) is 59.1 Å². The van der Waals surface area contributed by atoms with Gasteiger partial charge in [-0.1, -0.05) is 52.8 Å². The molecule has 5 aromatic rings. The first-order valence-corrected chi connectivity index (χ1v) is 14.1. The average molecular weight is 559 g/mol. The van der Waals surface area contributed by atoms with Crippen molar-refractivity contribution in [2.75, 3.05) is 0 Å². The fourth-order valence-electron chi connectivity index (χ4n) is 6.35. The summed E-state index contributed by atoms with van der Waals surface area (Å²) in [7, 11) is 19.9. The quantitative estimate of drug-likeness (QED) is 0.289. The lowest BCUT2D eigenvalue weighted by molar-refractivity contribution is -0.0493. The molecule has 0 spiro atoms. The molecule has 6 nitrogen and oxygen atoms in total. The lowest BCUT2D eigenvalue weighted by Crippen LogP contribution is -2.30. The number of aliphatic hydroxyl groups is 1. The molecule has 1 aliphatic rings. The Bertz CT molecular complexity index is 1760. The molecule has 1 aliphatic carbocycles. The van der Waals surface area contributed by atoms with Crippen molar-refractivity contribution in [2.45, 2.75) is 62.2 Å². The number of benzene rings is 2. The van der Waals surface area contributed by atoms with Crippen LogP contribution in [-0.2, 0) is 17.8 Å². The Morgan fingerprint density at radius 2 is 1.69 bits per heavy atom. The molecule has 3 aromatic heterocycles. The summed E-state index contributed by atoms with van der Waals surface area (Å²) < 4.78 is 32.5. The molecule has 0 amide bonds. The van der Waals surface area contributed by atoms with Gasteiger partial charge in [0.15, 0.2) is 0 Å². The summed E-state index contributed by atoms with van der Waals surface area (Å²) in [5, 5.41) is 18.3. The minimum atomic E-state index is -2.66. The number of rotatable bonds is 6. The molecule has 0 bridgehead atoms. The molecule has 1 atom stereocenters. The van der Waals surface area contributed by atoms with Crippen molar-refractivity contribution < 1.29 is 13.9 Å². The normalized spacial score (nSPS) is 17.2. The van der Waals surface area contributed by atoms with E-state index in [2.05, 4.69) is 14.9 Å². The van der Waals surface area contributed by atoms with Gasteiger partial charge in [-0.25, -0.2) is 13.5 Å². The smallest absolute Gasteiger partial charge is 0.248 e. The Hall–Kier alpha value is -3.46. The minimum Gasteiger partial charge on any atom is -0.386 e. The SMILES string of the molecule is [B]C([B])([B])c1nnn(C)c1-c1cnc2c3ccc(C(C)(C)O)cc3n(C(c3ccccc3)C3CCC(F)(F)CC3)c2c1. The van der Waals surface area contributed by atoms with Gasteiger partial charge in [0.1, 0.15) is 0 Å². The van der Waals surface area contributed by atoms with Crippen LogP contribution in [0.5, 0.6) is 0 Å². The Labute approximate surface area is 247 Å². The summed E-state index contributed by atoms with van der Waals surface area (Å²) in [6.45, 7) is 3.48. The molecule has 11 heteroatoms. The maximum absolute atomic E-state index is 14.4. The zero-order valence-electron chi connectivity index (χ0n) is 23.9. The van der Waals surface area contributed by atoms with Crippen molar-refractivity contribution in [3.63, 3.8) is 0 Å². The van der Waals surface area contributed by atoms with Gasteiger partial charge < -0.3 is 9.67 Å². The first-order valence-electron chi connectivity index (χ1n) is 14.1. The van der Waals surface area contributed by atoms with Gasteiger partial charge in [0, 0.05) is 37.0 Å². The Balaban J connectivity index is 1.67. The molecule has 42 heavy (non-hydrogen) atoms. The van der Waals surface area contributed by atoms with E-state index in [9.17, 15) is 13.9 Å². The molecule has 2 aromatic carbocycles. The number of halogens is 2.